The molecule has 0 saturated heterocycles. The van der Waals surface area contributed by atoms with E-state index in [9.17, 15) is 28.2 Å². The molecule has 0 aromatic carbocycles. The van der Waals surface area contributed by atoms with E-state index >= 15 is 0 Å². The van der Waals surface area contributed by atoms with Crippen molar-refractivity contribution < 1.29 is 32.6 Å². The van der Waals surface area contributed by atoms with Gasteiger partial charge in [0.05, 0.1) is 18.8 Å². The van der Waals surface area contributed by atoms with Crippen LogP contribution in [0.4, 0.5) is 13.2 Å². The maximum Gasteiger partial charge on any atom is 0.418 e. The summed E-state index contributed by atoms with van der Waals surface area (Å²) in [6.07, 6.45) is 4.30. The number of nitrogens with zero attached hydrogens (tertiary/aromatic N) is 2. The number of aromatic nitrogens is 1. The smallest absolute Gasteiger partial charge is 0.418 e. The predicted octanol–water partition coefficient (Wildman–Crippen LogP) is 4.59. The van der Waals surface area contributed by atoms with Crippen molar-refractivity contribution in [3.63, 3.8) is 0 Å². The number of hydrogen-bond donors (Lipinski definition) is 2. The van der Waals surface area contributed by atoms with Gasteiger partial charge in [0.1, 0.15) is 5.76 Å². The van der Waals surface area contributed by atoms with Gasteiger partial charge in [0.25, 0.3) is 0 Å². The van der Waals surface area contributed by atoms with E-state index in [-0.39, 0.29) is 23.7 Å². The molecule has 2 N–H and O–H groups in total. The molecule has 0 spiro atoms. The molecule has 0 radical (unpaired) electrons. The average molecular weight is 485 g/mol. The molecule has 4 rings (SSSR count). The molecule has 34 heavy (non-hydrogen) atoms. The van der Waals surface area contributed by atoms with Gasteiger partial charge in [-0.05, 0) is 49.5 Å². The quantitative estimate of drug-likeness (QED) is 0.615. The Balaban J connectivity index is 1.56. The van der Waals surface area contributed by atoms with Crippen molar-refractivity contribution in [1.29, 1.82) is 0 Å². The third kappa shape index (κ3) is 4.78. The van der Waals surface area contributed by atoms with Crippen molar-refractivity contribution in [3.8, 4) is 0 Å². The number of alkyl halides is 3. The molecule has 3 aliphatic rings. The van der Waals surface area contributed by atoms with Crippen LogP contribution in [0.2, 0.25) is 0 Å². The lowest BCUT2D eigenvalue weighted by Crippen LogP contribution is -2.59. The number of halogens is 3. The van der Waals surface area contributed by atoms with E-state index in [0.29, 0.717) is 31.4 Å². The number of hydrogen-bond acceptors (Lipinski definition) is 6. The molecule has 1 aliphatic heterocycles. The summed E-state index contributed by atoms with van der Waals surface area (Å²) < 4.78 is 48.6. The van der Waals surface area contributed by atoms with Crippen molar-refractivity contribution in [1.82, 2.24) is 9.88 Å². The molecule has 9 heteroatoms. The summed E-state index contributed by atoms with van der Waals surface area (Å²) in [5, 5.41) is 22.3. The van der Waals surface area contributed by atoms with Crippen LogP contribution >= 0.6 is 0 Å². The Kier molecular flexibility index (Phi) is 6.90. The van der Waals surface area contributed by atoms with Gasteiger partial charge in [0.15, 0.2) is 17.8 Å². The molecule has 2 aliphatic carbocycles. The third-order valence-electron chi connectivity index (χ3n) is 8.35. The first-order valence-electron chi connectivity index (χ1n) is 12.3. The Labute approximate surface area is 198 Å². The lowest BCUT2D eigenvalue weighted by Gasteiger charge is -2.49. The second-order valence-corrected chi connectivity index (χ2v) is 11.1. The second-order valence-electron chi connectivity index (χ2n) is 11.1. The van der Waals surface area contributed by atoms with Gasteiger partial charge in [-0.25, -0.2) is 4.98 Å². The van der Waals surface area contributed by atoms with Gasteiger partial charge >= 0.3 is 6.18 Å². The van der Waals surface area contributed by atoms with Crippen LogP contribution in [0.25, 0.3) is 0 Å². The van der Waals surface area contributed by atoms with E-state index in [1.54, 1.807) is 20.0 Å². The first-order valence-corrected chi connectivity index (χ1v) is 12.3. The van der Waals surface area contributed by atoms with Gasteiger partial charge < -0.3 is 19.5 Å². The maximum absolute atomic E-state index is 14.4. The molecule has 6 atom stereocenters. The minimum atomic E-state index is -4.87. The molecule has 1 aromatic rings. The lowest BCUT2D eigenvalue weighted by atomic mass is 9.62. The molecule has 0 bridgehead atoms. The first-order chi connectivity index (χ1) is 15.9. The highest BCUT2D eigenvalue weighted by Gasteiger charge is 2.59. The number of oxazole rings is 1. The Hall–Kier alpha value is -1.87. The second kappa shape index (κ2) is 9.30. The van der Waals surface area contributed by atoms with Gasteiger partial charge in [0, 0.05) is 24.1 Å². The van der Waals surface area contributed by atoms with Crippen molar-refractivity contribution in [2.45, 2.75) is 95.1 Å². The fourth-order valence-corrected chi connectivity index (χ4v) is 6.60. The fraction of sp³-hybridized carbons (Fsp3) is 0.760. The molecule has 6 nitrogen and oxygen atoms in total. The van der Waals surface area contributed by atoms with Gasteiger partial charge in [-0.1, -0.05) is 33.1 Å². The largest absolute Gasteiger partial charge is 0.448 e. The average Bonchev–Trinajstić information content (AvgIpc) is 3.29. The molecule has 6 unspecified atom stereocenters. The maximum atomic E-state index is 14.4. The van der Waals surface area contributed by atoms with E-state index in [0.717, 1.165) is 19.3 Å². The molecule has 0 amide bonds. The monoisotopic (exact) mass is 484 g/mol. The molecular formula is C25H35F3N2O4. The third-order valence-corrected chi connectivity index (χ3v) is 8.35. The van der Waals surface area contributed by atoms with Crippen molar-refractivity contribution in [3.05, 3.63) is 30.6 Å². The van der Waals surface area contributed by atoms with Crippen LogP contribution in [-0.4, -0.2) is 56.3 Å². The number of fused-ring (bicyclic) bond motifs is 1. The first kappa shape index (κ1) is 25.2. The summed E-state index contributed by atoms with van der Waals surface area (Å²) in [5.74, 6) is -0.608. The molecular weight excluding hydrogens is 449 g/mol. The van der Waals surface area contributed by atoms with E-state index in [4.69, 9.17) is 4.42 Å². The Bertz CT molecular complexity index is 885. The van der Waals surface area contributed by atoms with Crippen LogP contribution in [0.3, 0.4) is 0 Å². The number of allylic oxidation sites excluding steroid dienone is 1. The minimum Gasteiger partial charge on any atom is -0.448 e. The van der Waals surface area contributed by atoms with E-state index < -0.39 is 42.2 Å². The summed E-state index contributed by atoms with van der Waals surface area (Å²) in [7, 11) is 0. The highest BCUT2D eigenvalue weighted by Crippen LogP contribution is 2.50. The van der Waals surface area contributed by atoms with E-state index in [2.05, 4.69) is 4.98 Å². The lowest BCUT2D eigenvalue weighted by molar-refractivity contribution is -0.278. The number of aliphatic hydroxyl groups excluding tert-OH is 1. The zero-order chi connectivity index (χ0) is 24.7. The summed E-state index contributed by atoms with van der Waals surface area (Å²) in [6, 6.07) is -0.320. The van der Waals surface area contributed by atoms with Crippen LogP contribution in [-0.2, 0) is 4.79 Å². The Morgan fingerprint density at radius 3 is 2.50 bits per heavy atom. The van der Waals surface area contributed by atoms with Gasteiger partial charge in [-0.15, -0.1) is 0 Å². The van der Waals surface area contributed by atoms with Crippen molar-refractivity contribution in [2.24, 2.45) is 17.3 Å². The standard InChI is InChI=1S/C25H35F3N2O4/c1-23(2,18-8-5-7-17(22(18)32)21-12-29-15-34-21)13-24(33,25(26,27)28)14-30-11-10-20(31)16-6-3-4-9-19(16)30/h10-12,15-19,22,32-33H,3-9,13-14H2,1-2H3. The summed E-state index contributed by atoms with van der Waals surface area (Å²) in [4.78, 5) is 17.7. The zero-order valence-corrected chi connectivity index (χ0v) is 19.8. The summed E-state index contributed by atoms with van der Waals surface area (Å²) in [5.41, 5.74) is -3.99. The van der Waals surface area contributed by atoms with Gasteiger partial charge in [-0.3, -0.25) is 4.79 Å². The highest BCUT2D eigenvalue weighted by molar-refractivity contribution is 5.93. The highest BCUT2D eigenvalue weighted by atomic mass is 19.4. The zero-order valence-electron chi connectivity index (χ0n) is 19.8. The number of carbonyl (C=O) groups excluding carboxylic acids is 1. The number of ketones is 1. The van der Waals surface area contributed by atoms with Crippen LogP contribution in [0.15, 0.2) is 29.3 Å². The van der Waals surface area contributed by atoms with Gasteiger partial charge in [-0.2, -0.15) is 13.2 Å². The molecule has 2 saturated carbocycles. The number of carbonyl (C=O) groups is 1. The molecule has 2 heterocycles. The van der Waals surface area contributed by atoms with Crippen LogP contribution < -0.4 is 0 Å². The Morgan fingerprint density at radius 1 is 1.12 bits per heavy atom. The van der Waals surface area contributed by atoms with Crippen LogP contribution in [0.5, 0.6) is 0 Å². The Morgan fingerprint density at radius 2 is 1.82 bits per heavy atom. The van der Waals surface area contributed by atoms with Crippen molar-refractivity contribution >= 4 is 5.78 Å². The minimum absolute atomic E-state index is 0.0411. The molecule has 2 fully saturated rings. The SMILES string of the molecule is CC(C)(CC(O)(CN1C=CC(=O)C2CCCCC21)C(F)(F)F)C1CCCC(c2cnco2)C1O. The number of β-amino-alcohol motifs (C(OH)–C–C–N with tert-alkyl or cyclic N) is 1. The molecule has 1 aromatic heterocycles. The van der Waals surface area contributed by atoms with Crippen LogP contribution in [0.1, 0.15) is 76.9 Å². The van der Waals surface area contributed by atoms with Gasteiger partial charge in [0.2, 0.25) is 0 Å². The van der Waals surface area contributed by atoms with E-state index in [1.165, 1.54) is 23.6 Å². The summed E-state index contributed by atoms with van der Waals surface area (Å²) in [6.45, 7) is 2.76. The van der Waals surface area contributed by atoms with Crippen molar-refractivity contribution in [2.75, 3.05) is 6.54 Å². The normalized spacial score (nSPS) is 32.4. The molecule has 190 valence electrons. The number of rotatable bonds is 6. The fourth-order valence-electron chi connectivity index (χ4n) is 6.60. The van der Waals surface area contributed by atoms with E-state index in [1.807, 2.05) is 0 Å². The predicted molar refractivity (Wildman–Crippen MR) is 119 cm³/mol. The number of aliphatic hydroxyl groups is 2. The summed E-state index contributed by atoms with van der Waals surface area (Å²) >= 11 is 0. The topological polar surface area (TPSA) is 86.8 Å². The van der Waals surface area contributed by atoms with Crippen LogP contribution in [0, 0.1) is 17.3 Å².